The molecule has 0 bridgehead atoms. The number of ketones is 1. The maximum Gasteiger partial charge on any atom is 0.167 e. The Morgan fingerprint density at radius 3 is 2.60 bits per heavy atom. The first-order valence-electron chi connectivity index (χ1n) is 7.40. The Kier molecular flexibility index (Phi) is 3.23. The van der Waals surface area contributed by atoms with E-state index in [0.29, 0.717) is 11.7 Å². The van der Waals surface area contributed by atoms with E-state index in [1.54, 1.807) is 0 Å². The second-order valence-electron chi connectivity index (χ2n) is 5.97. The summed E-state index contributed by atoms with van der Waals surface area (Å²) in [6.45, 7) is 0. The van der Waals surface area contributed by atoms with Gasteiger partial charge in [0.2, 0.25) is 0 Å². The fraction of sp³-hybridized carbons (Fsp3) is 0.471. The Balaban J connectivity index is 1.64. The molecule has 2 saturated carbocycles. The zero-order valence-corrected chi connectivity index (χ0v) is 13.1. The maximum absolute atomic E-state index is 13.0. The summed E-state index contributed by atoms with van der Waals surface area (Å²) in [5.41, 5.74) is 2.49. The molecule has 4 rings (SSSR count). The molecule has 1 heterocycles. The second kappa shape index (κ2) is 4.96. The molecular weight excluding hydrogens is 284 g/mol. The SMILES string of the molecule is O=C1C(=C2SCCS2)CCC[C@@]12C[C@@H]2c1ccccc1. The zero-order valence-electron chi connectivity index (χ0n) is 11.4. The van der Waals surface area contributed by atoms with E-state index < -0.39 is 0 Å². The van der Waals surface area contributed by atoms with Crippen LogP contribution in [0.5, 0.6) is 0 Å². The van der Waals surface area contributed by atoms with Gasteiger partial charge in [0.1, 0.15) is 0 Å². The largest absolute Gasteiger partial charge is 0.294 e. The maximum atomic E-state index is 13.0. The summed E-state index contributed by atoms with van der Waals surface area (Å²) in [5, 5.41) is 0. The van der Waals surface area contributed by atoms with Crippen molar-refractivity contribution in [3.8, 4) is 0 Å². The first-order chi connectivity index (χ1) is 9.81. The average Bonchev–Trinajstić information content (AvgIpc) is 2.95. The molecule has 3 aliphatic rings. The van der Waals surface area contributed by atoms with Crippen molar-refractivity contribution in [1.82, 2.24) is 0 Å². The molecule has 1 saturated heterocycles. The van der Waals surface area contributed by atoms with Crippen LogP contribution in [0.2, 0.25) is 0 Å². The zero-order chi connectivity index (χ0) is 13.6. The summed E-state index contributed by atoms with van der Waals surface area (Å²) >= 11 is 3.80. The molecule has 1 spiro atoms. The molecule has 3 fully saturated rings. The van der Waals surface area contributed by atoms with Gasteiger partial charge in [0.25, 0.3) is 0 Å². The smallest absolute Gasteiger partial charge is 0.167 e. The molecular formula is C17H18OS2. The molecule has 0 radical (unpaired) electrons. The standard InChI is InChI=1S/C17H18OS2/c18-15-13(16-19-9-10-20-16)7-4-8-17(15)11-14(17)12-5-2-1-3-6-12/h1-3,5-6,14H,4,7-11H2/t14-,17+/m1/s1. The van der Waals surface area contributed by atoms with Gasteiger partial charge >= 0.3 is 0 Å². The lowest BCUT2D eigenvalue weighted by Gasteiger charge is -2.25. The van der Waals surface area contributed by atoms with Gasteiger partial charge in [-0.05, 0) is 37.2 Å². The Bertz CT molecular complexity index is 570. The Morgan fingerprint density at radius 2 is 1.85 bits per heavy atom. The van der Waals surface area contributed by atoms with Crippen molar-refractivity contribution in [2.24, 2.45) is 5.41 Å². The van der Waals surface area contributed by atoms with Crippen LogP contribution in [0.4, 0.5) is 0 Å². The molecule has 0 N–H and O–H groups in total. The van der Waals surface area contributed by atoms with Crippen molar-refractivity contribution < 1.29 is 4.79 Å². The van der Waals surface area contributed by atoms with Gasteiger partial charge in [-0.2, -0.15) is 0 Å². The average molecular weight is 302 g/mol. The minimum absolute atomic E-state index is 0.0361. The molecule has 2 aliphatic carbocycles. The topological polar surface area (TPSA) is 17.1 Å². The highest BCUT2D eigenvalue weighted by Crippen LogP contribution is 2.66. The quantitative estimate of drug-likeness (QED) is 0.705. The molecule has 1 nitrogen and oxygen atoms in total. The first kappa shape index (κ1) is 13.0. The monoisotopic (exact) mass is 302 g/mol. The summed E-state index contributed by atoms with van der Waals surface area (Å²) in [7, 11) is 0. The third kappa shape index (κ3) is 1.98. The molecule has 1 aromatic carbocycles. The number of thioether (sulfide) groups is 2. The van der Waals surface area contributed by atoms with E-state index in [9.17, 15) is 4.79 Å². The predicted molar refractivity (Wildman–Crippen MR) is 87.0 cm³/mol. The van der Waals surface area contributed by atoms with E-state index in [-0.39, 0.29) is 5.41 Å². The lowest BCUT2D eigenvalue weighted by atomic mass is 9.79. The van der Waals surface area contributed by atoms with Crippen molar-refractivity contribution in [2.45, 2.75) is 31.6 Å². The predicted octanol–water partition coefficient (Wildman–Crippen LogP) is 4.60. The van der Waals surface area contributed by atoms with E-state index >= 15 is 0 Å². The van der Waals surface area contributed by atoms with Crippen LogP contribution in [0.15, 0.2) is 40.1 Å². The lowest BCUT2D eigenvalue weighted by Crippen LogP contribution is -2.25. The van der Waals surface area contributed by atoms with E-state index in [1.807, 2.05) is 23.5 Å². The van der Waals surface area contributed by atoms with Crippen molar-refractivity contribution in [2.75, 3.05) is 11.5 Å². The van der Waals surface area contributed by atoms with Gasteiger partial charge in [0.05, 0.1) is 0 Å². The normalized spacial score (nSPS) is 33.0. The van der Waals surface area contributed by atoms with Crippen LogP contribution in [-0.4, -0.2) is 17.3 Å². The Labute approximate surface area is 128 Å². The Morgan fingerprint density at radius 1 is 1.10 bits per heavy atom. The highest BCUT2D eigenvalue weighted by atomic mass is 32.2. The van der Waals surface area contributed by atoms with E-state index in [0.717, 1.165) is 19.3 Å². The van der Waals surface area contributed by atoms with E-state index in [1.165, 1.54) is 33.3 Å². The lowest BCUT2D eigenvalue weighted by molar-refractivity contribution is -0.122. The molecule has 1 aliphatic heterocycles. The van der Waals surface area contributed by atoms with Crippen LogP contribution in [0, 0.1) is 5.41 Å². The van der Waals surface area contributed by atoms with E-state index in [2.05, 4.69) is 30.3 Å². The number of allylic oxidation sites excluding steroid dienone is 1. The van der Waals surface area contributed by atoms with Crippen molar-refractivity contribution >= 4 is 29.3 Å². The molecule has 0 aromatic heterocycles. The van der Waals surface area contributed by atoms with Crippen LogP contribution in [0.25, 0.3) is 0 Å². The number of hydrogen-bond donors (Lipinski definition) is 0. The summed E-state index contributed by atoms with van der Waals surface area (Å²) in [5.74, 6) is 3.30. The highest BCUT2D eigenvalue weighted by Gasteiger charge is 2.61. The fourth-order valence-corrected chi connectivity index (χ4v) is 6.35. The van der Waals surface area contributed by atoms with Crippen LogP contribution in [0.3, 0.4) is 0 Å². The third-order valence-corrected chi connectivity index (χ3v) is 7.65. The summed E-state index contributed by atoms with van der Waals surface area (Å²) in [6.07, 6.45) is 4.37. The number of hydrogen-bond acceptors (Lipinski definition) is 3. The number of carbonyl (C=O) groups excluding carboxylic acids is 1. The molecule has 3 heteroatoms. The van der Waals surface area contributed by atoms with Gasteiger partial charge in [0, 0.05) is 26.7 Å². The molecule has 2 atom stereocenters. The van der Waals surface area contributed by atoms with Crippen molar-refractivity contribution in [3.63, 3.8) is 0 Å². The van der Waals surface area contributed by atoms with Gasteiger partial charge in [-0.25, -0.2) is 0 Å². The van der Waals surface area contributed by atoms with Gasteiger partial charge in [-0.15, -0.1) is 23.5 Å². The van der Waals surface area contributed by atoms with Crippen LogP contribution in [-0.2, 0) is 4.79 Å². The summed E-state index contributed by atoms with van der Waals surface area (Å²) in [6, 6.07) is 10.6. The molecule has 1 aromatic rings. The van der Waals surface area contributed by atoms with Gasteiger partial charge < -0.3 is 0 Å². The number of carbonyl (C=O) groups is 1. The molecule has 0 unspecified atom stereocenters. The van der Waals surface area contributed by atoms with Crippen molar-refractivity contribution in [1.29, 1.82) is 0 Å². The highest BCUT2D eigenvalue weighted by molar-refractivity contribution is 8.25. The summed E-state index contributed by atoms with van der Waals surface area (Å²) < 4.78 is 1.34. The molecule has 104 valence electrons. The summed E-state index contributed by atoms with van der Waals surface area (Å²) in [4.78, 5) is 13.0. The van der Waals surface area contributed by atoms with E-state index in [4.69, 9.17) is 0 Å². The Hall–Kier alpha value is -0.670. The number of rotatable bonds is 1. The fourth-order valence-electron chi connectivity index (χ4n) is 3.74. The second-order valence-corrected chi connectivity index (χ2v) is 8.44. The molecule has 0 amide bonds. The minimum atomic E-state index is -0.0361. The first-order valence-corrected chi connectivity index (χ1v) is 9.37. The third-order valence-electron chi connectivity index (χ3n) is 4.85. The van der Waals surface area contributed by atoms with Gasteiger partial charge in [-0.3, -0.25) is 4.79 Å². The number of benzene rings is 1. The van der Waals surface area contributed by atoms with Crippen LogP contribution >= 0.6 is 23.5 Å². The van der Waals surface area contributed by atoms with Crippen molar-refractivity contribution in [3.05, 3.63) is 45.7 Å². The van der Waals surface area contributed by atoms with Gasteiger partial charge in [-0.1, -0.05) is 30.3 Å². The van der Waals surface area contributed by atoms with Gasteiger partial charge in [0.15, 0.2) is 5.78 Å². The van der Waals surface area contributed by atoms with Crippen LogP contribution in [0.1, 0.15) is 37.2 Å². The van der Waals surface area contributed by atoms with Crippen LogP contribution < -0.4 is 0 Å². The minimum Gasteiger partial charge on any atom is -0.294 e. The molecule has 20 heavy (non-hydrogen) atoms. The number of Topliss-reactive ketones (excluding diaryl/α,β-unsaturated/α-hetero) is 1.